The minimum Gasteiger partial charge on any atom is -0.480 e. The van der Waals surface area contributed by atoms with Gasteiger partial charge < -0.3 is 71.1 Å². The molecule has 0 bridgehead atoms. The number of carboxylic acids is 2. The molecular formula is C45H67N7O15. The second kappa shape index (κ2) is 29.8. The number of benzene rings is 2. The van der Waals surface area contributed by atoms with E-state index in [-0.39, 0.29) is 88.9 Å². The molecular weight excluding hydrogens is 879 g/mol. The molecule has 7 amide bonds. The Balaban J connectivity index is 1.91. The Bertz CT molecular complexity index is 1830. The summed E-state index contributed by atoms with van der Waals surface area (Å²) in [5.41, 5.74) is -0.609. The number of amides is 7. The summed E-state index contributed by atoms with van der Waals surface area (Å²) in [5.74, 6) is -3.67. The summed E-state index contributed by atoms with van der Waals surface area (Å²) < 4.78 is 26.3. The first-order chi connectivity index (χ1) is 31.6. The number of hydrogen-bond acceptors (Lipinski definition) is 13. The van der Waals surface area contributed by atoms with Crippen LogP contribution in [0.25, 0.3) is 0 Å². The number of carbonyl (C=O) groups excluding carboxylic acids is 6. The average molecular weight is 946 g/mol. The fourth-order valence-electron chi connectivity index (χ4n) is 5.66. The maximum absolute atomic E-state index is 13.3. The molecule has 9 N–H and O–H groups in total. The van der Waals surface area contributed by atoms with Gasteiger partial charge in [-0.2, -0.15) is 0 Å². The molecule has 2 atom stereocenters. The Morgan fingerprint density at radius 1 is 0.552 bits per heavy atom. The van der Waals surface area contributed by atoms with E-state index in [1.54, 1.807) is 41.5 Å². The molecule has 2 aromatic carbocycles. The van der Waals surface area contributed by atoms with Crippen molar-refractivity contribution in [1.29, 1.82) is 0 Å². The van der Waals surface area contributed by atoms with Crippen LogP contribution >= 0.6 is 0 Å². The Labute approximate surface area is 390 Å². The fourth-order valence-corrected chi connectivity index (χ4v) is 5.66. The van der Waals surface area contributed by atoms with Crippen LogP contribution in [-0.4, -0.2) is 134 Å². The quantitative estimate of drug-likeness (QED) is 0.0418. The zero-order valence-electron chi connectivity index (χ0n) is 39.1. The third-order valence-corrected chi connectivity index (χ3v) is 8.74. The molecule has 2 aromatic rings. The van der Waals surface area contributed by atoms with Gasteiger partial charge in [0.2, 0.25) is 0 Å². The number of urea groups is 1. The van der Waals surface area contributed by atoms with E-state index in [4.69, 9.17) is 23.7 Å². The van der Waals surface area contributed by atoms with Gasteiger partial charge in [-0.1, -0.05) is 30.3 Å². The Kier molecular flexibility index (Phi) is 25.1. The van der Waals surface area contributed by atoms with Crippen molar-refractivity contribution in [3.05, 3.63) is 65.2 Å². The third kappa shape index (κ3) is 26.8. The van der Waals surface area contributed by atoms with Crippen molar-refractivity contribution in [2.45, 2.75) is 110 Å². The van der Waals surface area contributed by atoms with Crippen LogP contribution in [0.15, 0.2) is 48.5 Å². The van der Waals surface area contributed by atoms with Crippen LogP contribution < -0.4 is 37.2 Å². The molecule has 0 aliphatic heterocycles. The van der Waals surface area contributed by atoms with Crippen molar-refractivity contribution in [1.82, 2.24) is 31.9 Å². The van der Waals surface area contributed by atoms with Crippen molar-refractivity contribution in [2.24, 2.45) is 0 Å². The number of unbranched alkanes of at least 4 members (excludes halogenated alkanes) is 2. The van der Waals surface area contributed by atoms with Crippen molar-refractivity contribution in [3.8, 4) is 0 Å². The maximum Gasteiger partial charge on any atom is 0.408 e. The summed E-state index contributed by atoms with van der Waals surface area (Å²) in [7, 11) is 0. The van der Waals surface area contributed by atoms with Crippen LogP contribution in [0.4, 0.5) is 24.9 Å². The maximum atomic E-state index is 13.3. The highest BCUT2D eigenvalue weighted by molar-refractivity contribution is 6.02. The van der Waals surface area contributed by atoms with Gasteiger partial charge >= 0.3 is 36.2 Å². The van der Waals surface area contributed by atoms with E-state index in [1.165, 1.54) is 18.2 Å². The highest BCUT2D eigenvalue weighted by Crippen LogP contribution is 2.17. The molecule has 0 spiro atoms. The molecule has 0 heterocycles. The summed E-state index contributed by atoms with van der Waals surface area (Å²) in [6, 6.07) is 10.2. The van der Waals surface area contributed by atoms with E-state index in [9.17, 15) is 48.6 Å². The summed E-state index contributed by atoms with van der Waals surface area (Å²) in [4.78, 5) is 98.8. The predicted molar refractivity (Wildman–Crippen MR) is 244 cm³/mol. The molecule has 67 heavy (non-hydrogen) atoms. The molecule has 0 aromatic heterocycles. The zero-order chi connectivity index (χ0) is 49.8. The monoisotopic (exact) mass is 945 g/mol. The molecule has 22 nitrogen and oxygen atoms in total. The second-order valence-electron chi connectivity index (χ2n) is 17.0. The number of nitrogens with one attached hydrogen (secondary N) is 7. The number of rotatable bonds is 28. The van der Waals surface area contributed by atoms with Crippen LogP contribution in [0.5, 0.6) is 0 Å². The normalized spacial score (nSPS) is 12.0. The number of hydrogen-bond donors (Lipinski definition) is 9. The van der Waals surface area contributed by atoms with E-state index in [0.29, 0.717) is 25.7 Å². The van der Waals surface area contributed by atoms with E-state index in [0.717, 1.165) is 5.56 Å². The van der Waals surface area contributed by atoms with Crippen LogP contribution in [-0.2, 0) is 39.9 Å². The summed E-state index contributed by atoms with van der Waals surface area (Å²) in [6.07, 6.45) is -0.870. The van der Waals surface area contributed by atoms with E-state index >= 15 is 0 Å². The SMILES string of the molecule is CC(C)(C)OC(=O)N[C@@H](CCCCNC(=O)c1cc(NC(=O)NCCOCCOCCNC(=O)OCc2ccccc2)cc(C(=O)NCCCC[C@H](NC(=O)OC(C)(C)C)C(=O)O)c1)C(=O)O. The van der Waals surface area contributed by atoms with E-state index in [2.05, 4.69) is 37.2 Å². The second-order valence-corrected chi connectivity index (χ2v) is 17.0. The van der Waals surface area contributed by atoms with Crippen molar-refractivity contribution in [3.63, 3.8) is 0 Å². The number of anilines is 1. The first-order valence-corrected chi connectivity index (χ1v) is 21.9. The first kappa shape index (κ1) is 56.4. The van der Waals surface area contributed by atoms with Gasteiger partial charge in [0.1, 0.15) is 29.9 Å². The highest BCUT2D eigenvalue weighted by atomic mass is 16.6. The topological polar surface area (TPSA) is 307 Å². The van der Waals surface area contributed by atoms with Gasteiger partial charge in [-0.3, -0.25) is 9.59 Å². The lowest BCUT2D eigenvalue weighted by Gasteiger charge is -2.22. The summed E-state index contributed by atoms with van der Waals surface area (Å²) in [6.45, 7) is 11.4. The van der Waals surface area contributed by atoms with E-state index in [1.807, 2.05) is 30.3 Å². The Hall–Kier alpha value is -6.68. The molecule has 372 valence electrons. The van der Waals surface area contributed by atoms with Gasteiger partial charge in [-0.25, -0.2) is 28.8 Å². The predicted octanol–water partition coefficient (Wildman–Crippen LogP) is 4.52. The molecule has 0 aliphatic rings. The first-order valence-electron chi connectivity index (χ1n) is 21.9. The zero-order valence-corrected chi connectivity index (χ0v) is 39.1. The fraction of sp³-hybridized carbons (Fsp3) is 0.556. The lowest BCUT2D eigenvalue weighted by atomic mass is 10.1. The minimum atomic E-state index is -1.24. The largest absolute Gasteiger partial charge is 0.480 e. The lowest BCUT2D eigenvalue weighted by molar-refractivity contribution is -0.140. The molecule has 0 radical (unpaired) electrons. The molecule has 0 saturated heterocycles. The van der Waals surface area contributed by atoms with Gasteiger partial charge in [0.25, 0.3) is 11.8 Å². The Morgan fingerprint density at radius 3 is 1.46 bits per heavy atom. The summed E-state index contributed by atoms with van der Waals surface area (Å²) >= 11 is 0. The number of ether oxygens (including phenoxy) is 5. The Morgan fingerprint density at radius 2 is 1.01 bits per heavy atom. The van der Waals surface area contributed by atoms with Crippen molar-refractivity contribution < 1.29 is 72.3 Å². The number of alkyl carbamates (subject to hydrolysis) is 3. The van der Waals surface area contributed by atoms with Gasteiger partial charge in [-0.15, -0.1) is 0 Å². The molecule has 0 saturated carbocycles. The third-order valence-electron chi connectivity index (χ3n) is 8.74. The van der Waals surface area contributed by atoms with Crippen molar-refractivity contribution in [2.75, 3.05) is 57.9 Å². The average Bonchev–Trinajstić information content (AvgIpc) is 3.23. The van der Waals surface area contributed by atoms with Gasteiger partial charge in [-0.05, 0) is 104 Å². The number of carbonyl (C=O) groups is 8. The minimum absolute atomic E-state index is 0.0260. The number of carboxylic acid groups (broad SMARTS) is 2. The van der Waals surface area contributed by atoms with Crippen LogP contribution in [0, 0.1) is 0 Å². The molecule has 0 unspecified atom stereocenters. The molecule has 0 fully saturated rings. The van der Waals surface area contributed by atoms with Gasteiger partial charge in [0.15, 0.2) is 0 Å². The van der Waals surface area contributed by atoms with Gasteiger partial charge in [0, 0.05) is 43.0 Å². The lowest BCUT2D eigenvalue weighted by Crippen LogP contribution is -2.43. The standard InChI is InChI=1S/C45H67N7O15/c1-44(2,3)66-42(61)51-34(38(55)56)16-10-12-18-46-36(53)31-26-32(37(54)47-19-13-11-17-35(39(57)58)52-43(62)67-45(4,5)6)28-33(27-31)50-40(59)48-20-22-63-24-25-64-23-21-49-41(60)65-29-30-14-8-7-9-15-30/h7-9,14-15,26-28,34-35H,10-13,16-25,29H2,1-6H3,(H,46,53)(H,47,54)(H,49,60)(H,51,61)(H,52,62)(H,55,56)(H,57,58)(H2,48,50,59)/t34-,35-/m0/s1. The highest BCUT2D eigenvalue weighted by Gasteiger charge is 2.25. The summed E-state index contributed by atoms with van der Waals surface area (Å²) in [5, 5.41) is 37.0. The molecule has 22 heteroatoms. The number of aliphatic carboxylic acids is 2. The molecule has 2 rings (SSSR count). The van der Waals surface area contributed by atoms with Crippen LogP contribution in [0.2, 0.25) is 0 Å². The van der Waals surface area contributed by atoms with Gasteiger partial charge in [0.05, 0.1) is 26.4 Å². The van der Waals surface area contributed by atoms with Crippen molar-refractivity contribution >= 4 is 53.8 Å². The molecule has 0 aliphatic carbocycles. The van der Waals surface area contributed by atoms with Crippen LogP contribution in [0.3, 0.4) is 0 Å². The van der Waals surface area contributed by atoms with E-state index < -0.39 is 71.3 Å². The smallest absolute Gasteiger partial charge is 0.408 e. The van der Waals surface area contributed by atoms with Crippen LogP contribution in [0.1, 0.15) is 106 Å².